The van der Waals surface area contributed by atoms with Crippen LogP contribution in [0.2, 0.25) is 5.02 Å². The number of nitrogens with zero attached hydrogens (tertiary/aromatic N) is 3. The van der Waals surface area contributed by atoms with Gasteiger partial charge in [0.15, 0.2) is 16.7 Å². The Morgan fingerprint density at radius 3 is 2.47 bits per heavy atom. The summed E-state index contributed by atoms with van der Waals surface area (Å²) in [6.07, 6.45) is 2.29. The summed E-state index contributed by atoms with van der Waals surface area (Å²) in [6, 6.07) is 12.3. The lowest BCUT2D eigenvalue weighted by Crippen LogP contribution is -2.31. The fourth-order valence-electron chi connectivity index (χ4n) is 3.92. The summed E-state index contributed by atoms with van der Waals surface area (Å²) in [7, 11) is -4.17. The van der Waals surface area contributed by atoms with Crippen molar-refractivity contribution in [2.75, 3.05) is 4.90 Å². The number of nitro benzene ring substituents is 1. The van der Waals surface area contributed by atoms with E-state index in [2.05, 4.69) is 4.98 Å². The molecule has 0 saturated carbocycles. The van der Waals surface area contributed by atoms with Gasteiger partial charge in [-0.3, -0.25) is 24.6 Å². The topological polar surface area (TPSA) is 161 Å². The van der Waals surface area contributed by atoms with Crippen LogP contribution in [-0.2, 0) is 14.6 Å². The molecule has 4 aromatic rings. The highest BCUT2D eigenvalue weighted by molar-refractivity contribution is 7.93. The number of hydrogen-bond acceptors (Lipinski definition) is 10. The highest BCUT2D eigenvalue weighted by Crippen LogP contribution is 2.45. The van der Waals surface area contributed by atoms with Crippen LogP contribution in [-0.4, -0.2) is 35.1 Å². The van der Waals surface area contributed by atoms with E-state index in [-0.39, 0.29) is 41.8 Å². The predicted molar refractivity (Wildman–Crippen MR) is 135 cm³/mol. The van der Waals surface area contributed by atoms with Gasteiger partial charge in [-0.2, -0.15) is 0 Å². The number of Topliss-reactive ketones (excluding diaryl/α,β-unsaturated/α-hetero) is 1. The van der Waals surface area contributed by atoms with Crippen molar-refractivity contribution in [2.24, 2.45) is 0 Å². The zero-order valence-electron chi connectivity index (χ0n) is 18.8. The van der Waals surface area contributed by atoms with Gasteiger partial charge in [0, 0.05) is 17.2 Å². The van der Waals surface area contributed by atoms with Crippen LogP contribution < -0.4 is 4.90 Å². The minimum atomic E-state index is -4.17. The second-order valence-corrected chi connectivity index (χ2v) is 11.5. The number of amides is 1. The normalized spacial score (nSPS) is 15.8. The molecular weight excluding hydrogens is 558 g/mol. The first-order valence-electron chi connectivity index (χ1n) is 10.7. The molecule has 14 heteroatoms. The second kappa shape index (κ2) is 9.52. The first-order valence-corrected chi connectivity index (χ1v) is 13.3. The maximum Gasteiger partial charge on any atom is 0.296 e. The number of nitro groups is 1. The van der Waals surface area contributed by atoms with E-state index >= 15 is 0 Å². The molecule has 1 aliphatic rings. The Morgan fingerprint density at radius 2 is 1.84 bits per heavy atom. The van der Waals surface area contributed by atoms with Crippen LogP contribution in [0.25, 0.3) is 0 Å². The van der Waals surface area contributed by atoms with Crippen molar-refractivity contribution >= 4 is 55.3 Å². The van der Waals surface area contributed by atoms with Gasteiger partial charge in [0.1, 0.15) is 4.21 Å². The van der Waals surface area contributed by atoms with Gasteiger partial charge in [-0.1, -0.05) is 41.1 Å². The van der Waals surface area contributed by atoms with Crippen LogP contribution in [0.15, 0.2) is 98.0 Å². The highest BCUT2D eigenvalue weighted by Gasteiger charge is 2.47. The molecule has 0 fully saturated rings. The molecule has 2 aromatic carbocycles. The summed E-state index contributed by atoms with van der Waals surface area (Å²) in [5.74, 6) is -2.73. The lowest BCUT2D eigenvalue weighted by atomic mass is 9.95. The fraction of sp³-hybridized carbons (Fsp3) is 0.0417. The van der Waals surface area contributed by atoms with E-state index in [0.717, 1.165) is 35.4 Å². The molecule has 0 spiro atoms. The van der Waals surface area contributed by atoms with Gasteiger partial charge in [0.05, 0.1) is 33.9 Å². The quantitative estimate of drug-likeness (QED) is 0.184. The molecule has 1 atom stereocenters. The molecular formula is C24H14ClN3O8S2. The monoisotopic (exact) mass is 571 g/mol. The average molecular weight is 572 g/mol. The van der Waals surface area contributed by atoms with Crippen molar-refractivity contribution in [3.8, 4) is 0 Å². The number of anilines is 1. The molecule has 0 saturated heterocycles. The number of halogens is 1. The molecule has 1 amide bonds. The number of hydrogen-bond donors (Lipinski definition) is 1. The molecule has 38 heavy (non-hydrogen) atoms. The van der Waals surface area contributed by atoms with Crippen LogP contribution in [0.1, 0.15) is 22.2 Å². The zero-order valence-corrected chi connectivity index (χ0v) is 21.2. The molecule has 0 aliphatic carbocycles. The number of aromatic nitrogens is 1. The van der Waals surface area contributed by atoms with Crippen molar-refractivity contribution in [3.63, 3.8) is 0 Å². The minimum Gasteiger partial charge on any atom is -0.503 e. The Morgan fingerprint density at radius 1 is 1.13 bits per heavy atom. The Labute approximate surface area is 223 Å². The lowest BCUT2D eigenvalue weighted by Gasteiger charge is -2.25. The van der Waals surface area contributed by atoms with Crippen molar-refractivity contribution in [2.45, 2.75) is 15.1 Å². The van der Waals surface area contributed by atoms with Gasteiger partial charge in [-0.05, 0) is 35.9 Å². The molecule has 1 aliphatic heterocycles. The number of carbonyl (C=O) groups excluding carboxylic acids is 2. The van der Waals surface area contributed by atoms with Crippen molar-refractivity contribution in [3.05, 3.63) is 111 Å². The van der Waals surface area contributed by atoms with E-state index in [9.17, 15) is 33.2 Å². The highest BCUT2D eigenvalue weighted by atomic mass is 35.5. The lowest BCUT2D eigenvalue weighted by molar-refractivity contribution is -0.384. The van der Waals surface area contributed by atoms with E-state index < -0.39 is 38.3 Å². The standard InChI is InChI=1S/C24H14ClN3O8S2/c25-16-5-2-1-4-15(16)20-19(21(29)17-6-3-11-36-17)22(30)23(31)27(20)24-26-12-18(37-24)38(34,35)14-9-7-13(8-10-14)28(32)33/h1-12,20,30H/t20-/m0/s1. The minimum absolute atomic E-state index is 0.126. The Kier molecular flexibility index (Phi) is 6.34. The molecule has 0 unspecified atom stereocenters. The van der Waals surface area contributed by atoms with E-state index in [0.29, 0.717) is 11.3 Å². The third-order valence-electron chi connectivity index (χ3n) is 5.70. The number of aliphatic hydroxyl groups excluding tert-OH is 1. The third kappa shape index (κ3) is 4.16. The van der Waals surface area contributed by atoms with Gasteiger partial charge in [0.25, 0.3) is 11.6 Å². The summed E-state index contributed by atoms with van der Waals surface area (Å²) < 4.78 is 31.3. The molecule has 0 bridgehead atoms. The van der Waals surface area contributed by atoms with Crippen molar-refractivity contribution in [1.82, 2.24) is 4.98 Å². The number of aliphatic hydroxyl groups is 1. The first-order chi connectivity index (χ1) is 18.1. The summed E-state index contributed by atoms with van der Waals surface area (Å²) in [5.41, 5.74) is -0.307. The summed E-state index contributed by atoms with van der Waals surface area (Å²) in [4.78, 5) is 41.7. The SMILES string of the molecule is O=C(C1=C(O)C(=O)N(c2ncc(S(=O)(=O)c3ccc([N+](=O)[O-])cc3)s2)[C@H]1c1ccccc1Cl)c1ccco1. The molecule has 1 N–H and O–H groups in total. The molecule has 192 valence electrons. The third-order valence-corrected chi connectivity index (χ3v) is 9.27. The number of sulfone groups is 1. The van der Waals surface area contributed by atoms with E-state index in [4.69, 9.17) is 16.0 Å². The van der Waals surface area contributed by atoms with E-state index in [1.165, 1.54) is 24.5 Å². The van der Waals surface area contributed by atoms with E-state index in [1.54, 1.807) is 18.2 Å². The summed E-state index contributed by atoms with van der Waals surface area (Å²) >= 11 is 7.02. The van der Waals surface area contributed by atoms with Crippen LogP contribution in [0.5, 0.6) is 0 Å². The number of thiazole rings is 1. The maximum absolute atomic E-state index is 13.3. The summed E-state index contributed by atoms with van der Waals surface area (Å²) in [6.45, 7) is 0. The maximum atomic E-state index is 13.3. The molecule has 3 heterocycles. The summed E-state index contributed by atoms with van der Waals surface area (Å²) in [5, 5.41) is 21.7. The van der Waals surface area contributed by atoms with Crippen molar-refractivity contribution < 1.29 is 32.5 Å². The Balaban J connectivity index is 1.59. The van der Waals surface area contributed by atoms with Gasteiger partial charge >= 0.3 is 0 Å². The number of carbonyl (C=O) groups is 2. The second-order valence-electron chi connectivity index (χ2n) is 7.88. The van der Waals surface area contributed by atoms with Gasteiger partial charge in [-0.15, -0.1) is 0 Å². The van der Waals surface area contributed by atoms with Crippen LogP contribution in [0.3, 0.4) is 0 Å². The average Bonchev–Trinajstić information content (AvgIpc) is 3.65. The number of ketones is 1. The Bertz CT molecular complexity index is 1730. The van der Waals surface area contributed by atoms with Crippen LogP contribution >= 0.6 is 22.9 Å². The van der Waals surface area contributed by atoms with Crippen molar-refractivity contribution in [1.29, 1.82) is 0 Å². The van der Waals surface area contributed by atoms with Gasteiger partial charge in [0.2, 0.25) is 15.6 Å². The first kappa shape index (κ1) is 25.3. The number of non-ortho nitro benzene ring substituents is 1. The molecule has 2 aromatic heterocycles. The number of rotatable bonds is 7. The largest absolute Gasteiger partial charge is 0.503 e. The zero-order chi connectivity index (χ0) is 27.2. The van der Waals surface area contributed by atoms with Crippen LogP contribution in [0.4, 0.5) is 10.8 Å². The smallest absolute Gasteiger partial charge is 0.296 e. The van der Waals surface area contributed by atoms with Crippen LogP contribution in [0, 0.1) is 10.1 Å². The molecule has 5 rings (SSSR count). The molecule has 0 radical (unpaired) electrons. The fourth-order valence-corrected chi connectivity index (χ4v) is 6.70. The van der Waals surface area contributed by atoms with Gasteiger partial charge < -0.3 is 9.52 Å². The Hall–Kier alpha value is -4.33. The van der Waals surface area contributed by atoms with Gasteiger partial charge in [-0.25, -0.2) is 13.4 Å². The predicted octanol–water partition coefficient (Wildman–Crippen LogP) is 4.91. The number of benzene rings is 2. The molecule has 11 nitrogen and oxygen atoms in total. The van der Waals surface area contributed by atoms with E-state index in [1.807, 2.05) is 0 Å². The number of furan rings is 1.